The lowest BCUT2D eigenvalue weighted by atomic mass is 9.94. The van der Waals surface area contributed by atoms with Gasteiger partial charge in [0.1, 0.15) is 0 Å². The van der Waals surface area contributed by atoms with Crippen molar-refractivity contribution >= 4 is 5.97 Å². The second kappa shape index (κ2) is 4.47. The maximum atomic E-state index is 11.2. The van der Waals surface area contributed by atoms with Gasteiger partial charge in [0.2, 0.25) is 0 Å². The van der Waals surface area contributed by atoms with Gasteiger partial charge in [-0.1, -0.05) is 24.3 Å². The first-order valence-electron chi connectivity index (χ1n) is 5.60. The van der Waals surface area contributed by atoms with Crippen LogP contribution in [0, 0.1) is 0 Å². The van der Waals surface area contributed by atoms with Gasteiger partial charge in [0, 0.05) is 5.41 Å². The van der Waals surface area contributed by atoms with Gasteiger partial charge >= 0.3 is 5.97 Å². The molecule has 0 saturated heterocycles. The standard InChI is InChI=1S/C13H16O4/c1-17-12(16)11(15)9-3-2-4-10(7-9)13(8-14)5-6-13/h2-4,7,11,14-15H,5-6,8H2,1H3. The van der Waals surface area contributed by atoms with Gasteiger partial charge in [-0.3, -0.25) is 0 Å². The number of methoxy groups -OCH3 is 1. The minimum absolute atomic E-state index is 0.102. The molecule has 92 valence electrons. The zero-order valence-electron chi connectivity index (χ0n) is 9.72. The number of benzene rings is 1. The van der Waals surface area contributed by atoms with E-state index in [4.69, 9.17) is 0 Å². The Bertz CT molecular complexity index is 423. The number of aliphatic hydroxyl groups excluding tert-OH is 2. The fourth-order valence-electron chi connectivity index (χ4n) is 1.98. The van der Waals surface area contributed by atoms with Crippen molar-refractivity contribution in [2.45, 2.75) is 24.4 Å². The molecule has 0 amide bonds. The lowest BCUT2D eigenvalue weighted by molar-refractivity contribution is -0.150. The molecule has 0 aliphatic heterocycles. The molecule has 1 aliphatic rings. The Morgan fingerprint density at radius 1 is 1.53 bits per heavy atom. The topological polar surface area (TPSA) is 66.8 Å². The van der Waals surface area contributed by atoms with E-state index in [0.29, 0.717) is 5.56 Å². The van der Waals surface area contributed by atoms with Crippen molar-refractivity contribution in [2.75, 3.05) is 13.7 Å². The van der Waals surface area contributed by atoms with E-state index >= 15 is 0 Å². The predicted molar refractivity (Wildman–Crippen MR) is 61.4 cm³/mol. The summed E-state index contributed by atoms with van der Waals surface area (Å²) in [6, 6.07) is 7.15. The maximum absolute atomic E-state index is 11.2. The van der Waals surface area contributed by atoms with Crippen molar-refractivity contribution in [2.24, 2.45) is 0 Å². The molecule has 1 atom stereocenters. The number of carbonyl (C=O) groups is 1. The monoisotopic (exact) mass is 236 g/mol. The molecule has 1 aromatic rings. The van der Waals surface area contributed by atoms with Crippen LogP contribution in [0.2, 0.25) is 0 Å². The molecular weight excluding hydrogens is 220 g/mol. The van der Waals surface area contributed by atoms with Crippen LogP contribution in [0.3, 0.4) is 0 Å². The van der Waals surface area contributed by atoms with Crippen molar-refractivity contribution < 1.29 is 19.7 Å². The number of aliphatic hydroxyl groups is 2. The van der Waals surface area contributed by atoms with E-state index in [9.17, 15) is 15.0 Å². The van der Waals surface area contributed by atoms with Gasteiger partial charge in [-0.15, -0.1) is 0 Å². The van der Waals surface area contributed by atoms with Gasteiger partial charge in [-0.2, -0.15) is 0 Å². The van der Waals surface area contributed by atoms with E-state index in [0.717, 1.165) is 18.4 Å². The third kappa shape index (κ3) is 2.18. The highest BCUT2D eigenvalue weighted by atomic mass is 16.5. The Labute approximate surface area is 99.8 Å². The molecule has 4 heteroatoms. The summed E-state index contributed by atoms with van der Waals surface area (Å²) in [5, 5.41) is 19.1. The van der Waals surface area contributed by atoms with Gasteiger partial charge in [-0.25, -0.2) is 4.79 Å². The minimum atomic E-state index is -1.26. The normalized spacial score (nSPS) is 18.5. The summed E-state index contributed by atoms with van der Waals surface area (Å²) < 4.78 is 4.50. The van der Waals surface area contributed by atoms with Crippen LogP contribution in [0.25, 0.3) is 0 Å². The van der Waals surface area contributed by atoms with Gasteiger partial charge in [0.25, 0.3) is 0 Å². The molecule has 2 rings (SSSR count). The van der Waals surface area contributed by atoms with Crippen LogP contribution in [0.5, 0.6) is 0 Å². The van der Waals surface area contributed by atoms with E-state index < -0.39 is 12.1 Å². The van der Waals surface area contributed by atoms with Gasteiger partial charge < -0.3 is 14.9 Å². The number of hydrogen-bond donors (Lipinski definition) is 2. The number of hydrogen-bond acceptors (Lipinski definition) is 4. The lowest BCUT2D eigenvalue weighted by Crippen LogP contribution is -2.16. The molecule has 17 heavy (non-hydrogen) atoms. The van der Waals surface area contributed by atoms with Crippen molar-refractivity contribution in [3.8, 4) is 0 Å². The first-order chi connectivity index (χ1) is 8.13. The molecule has 1 saturated carbocycles. The average Bonchev–Trinajstić information content (AvgIpc) is 3.18. The van der Waals surface area contributed by atoms with Crippen molar-refractivity contribution in [3.05, 3.63) is 35.4 Å². The molecule has 1 aliphatic carbocycles. The molecule has 1 aromatic carbocycles. The Morgan fingerprint density at radius 2 is 2.24 bits per heavy atom. The Kier molecular flexibility index (Phi) is 3.17. The number of ether oxygens (including phenoxy) is 1. The maximum Gasteiger partial charge on any atom is 0.339 e. The SMILES string of the molecule is COC(=O)C(O)c1cccc(C2(CO)CC2)c1. The van der Waals surface area contributed by atoms with Crippen molar-refractivity contribution in [1.82, 2.24) is 0 Å². The second-order valence-electron chi connectivity index (χ2n) is 4.49. The predicted octanol–water partition coefficient (Wildman–Crippen LogP) is 0.917. The highest BCUT2D eigenvalue weighted by Crippen LogP contribution is 2.47. The van der Waals surface area contributed by atoms with Crippen LogP contribution < -0.4 is 0 Å². The van der Waals surface area contributed by atoms with Gasteiger partial charge in [0.15, 0.2) is 6.10 Å². The van der Waals surface area contributed by atoms with Crippen LogP contribution in [0.15, 0.2) is 24.3 Å². The van der Waals surface area contributed by atoms with E-state index in [1.807, 2.05) is 6.07 Å². The fourth-order valence-corrected chi connectivity index (χ4v) is 1.98. The molecule has 1 fully saturated rings. The quantitative estimate of drug-likeness (QED) is 0.763. The molecule has 1 unspecified atom stereocenters. The summed E-state index contributed by atoms with van der Waals surface area (Å²) >= 11 is 0. The molecule has 0 spiro atoms. The van der Waals surface area contributed by atoms with Crippen LogP contribution in [-0.4, -0.2) is 29.9 Å². The highest BCUT2D eigenvalue weighted by molar-refractivity contribution is 5.76. The molecule has 0 bridgehead atoms. The molecule has 0 aromatic heterocycles. The van der Waals surface area contributed by atoms with Crippen molar-refractivity contribution in [1.29, 1.82) is 0 Å². The second-order valence-corrected chi connectivity index (χ2v) is 4.49. The summed E-state index contributed by atoms with van der Waals surface area (Å²) in [5.74, 6) is -0.670. The van der Waals surface area contributed by atoms with Crippen LogP contribution in [0.4, 0.5) is 0 Å². The summed E-state index contributed by atoms with van der Waals surface area (Å²) in [6.45, 7) is 0.102. The van der Waals surface area contributed by atoms with Crippen LogP contribution >= 0.6 is 0 Å². The number of carbonyl (C=O) groups excluding carboxylic acids is 1. The first kappa shape index (κ1) is 12.1. The molecule has 2 N–H and O–H groups in total. The molecule has 4 nitrogen and oxygen atoms in total. The Morgan fingerprint density at radius 3 is 2.76 bits per heavy atom. The third-order valence-corrected chi connectivity index (χ3v) is 3.40. The third-order valence-electron chi connectivity index (χ3n) is 3.40. The lowest BCUT2D eigenvalue weighted by Gasteiger charge is -2.15. The summed E-state index contributed by atoms with van der Waals surface area (Å²) in [4.78, 5) is 11.2. The zero-order chi connectivity index (χ0) is 12.5. The van der Waals surface area contributed by atoms with E-state index in [1.165, 1.54) is 7.11 Å². The smallest absolute Gasteiger partial charge is 0.339 e. The summed E-state index contributed by atoms with van der Waals surface area (Å²) in [6.07, 6.45) is 0.636. The number of esters is 1. The summed E-state index contributed by atoms with van der Waals surface area (Å²) in [7, 11) is 1.24. The van der Waals surface area contributed by atoms with Crippen LogP contribution in [-0.2, 0) is 14.9 Å². The molecule has 0 radical (unpaired) electrons. The fraction of sp³-hybridized carbons (Fsp3) is 0.462. The van der Waals surface area contributed by atoms with Crippen LogP contribution in [0.1, 0.15) is 30.1 Å². The average molecular weight is 236 g/mol. The van der Waals surface area contributed by atoms with Crippen molar-refractivity contribution in [3.63, 3.8) is 0 Å². The Hall–Kier alpha value is -1.39. The summed E-state index contributed by atoms with van der Waals surface area (Å²) in [5.41, 5.74) is 1.32. The Balaban J connectivity index is 2.26. The first-order valence-corrected chi connectivity index (χ1v) is 5.60. The van der Waals surface area contributed by atoms with E-state index in [2.05, 4.69) is 4.74 Å². The highest BCUT2D eigenvalue weighted by Gasteiger charge is 2.43. The number of rotatable bonds is 4. The van der Waals surface area contributed by atoms with E-state index in [1.54, 1.807) is 18.2 Å². The van der Waals surface area contributed by atoms with E-state index in [-0.39, 0.29) is 12.0 Å². The molecular formula is C13H16O4. The minimum Gasteiger partial charge on any atom is -0.467 e. The van der Waals surface area contributed by atoms with Gasteiger partial charge in [0.05, 0.1) is 13.7 Å². The van der Waals surface area contributed by atoms with Gasteiger partial charge in [-0.05, 0) is 24.0 Å². The zero-order valence-corrected chi connectivity index (χ0v) is 9.72. The molecule has 0 heterocycles. The largest absolute Gasteiger partial charge is 0.467 e.